The Balaban J connectivity index is 0.639. The van der Waals surface area contributed by atoms with Crippen molar-refractivity contribution in [1.29, 1.82) is 0 Å². The fraction of sp³-hybridized carbons (Fsp3) is 0.412. The van der Waals surface area contributed by atoms with E-state index in [0.717, 1.165) is 124 Å². The van der Waals surface area contributed by atoms with Crippen LogP contribution in [0.4, 0.5) is 5.69 Å². The number of nitrogens with one attached hydrogen (secondary N) is 2. The molecule has 4 aliphatic heterocycles. The molecule has 4 aromatic heterocycles. The molecule has 0 spiro atoms. The van der Waals surface area contributed by atoms with Gasteiger partial charge in [0, 0.05) is 107 Å². The molecule has 4 fully saturated rings. The quantitative estimate of drug-likeness (QED) is 0.172. The Morgan fingerprint density at radius 2 is 1.55 bits per heavy atom. The summed E-state index contributed by atoms with van der Waals surface area (Å²) in [5.74, 6) is 0.469. The normalized spacial score (nSPS) is 19.7. The van der Waals surface area contributed by atoms with Gasteiger partial charge in [-0.1, -0.05) is 18.2 Å². The number of carbonyl (C=O) groups excluding carboxylic acids is 3. The van der Waals surface area contributed by atoms with Gasteiger partial charge < -0.3 is 14.4 Å². The molecule has 15 heteroatoms. The molecular formula is C51H57N11O4. The first kappa shape index (κ1) is 42.1. The minimum atomic E-state index is -0.690. The monoisotopic (exact) mass is 887 g/mol. The van der Waals surface area contributed by atoms with E-state index in [1.54, 1.807) is 11.6 Å². The van der Waals surface area contributed by atoms with Gasteiger partial charge in [0.2, 0.25) is 11.8 Å². The minimum Gasteiger partial charge on any atom is -0.369 e. The number of aromatic amines is 1. The van der Waals surface area contributed by atoms with Crippen molar-refractivity contribution in [3.63, 3.8) is 0 Å². The molecule has 3 aromatic carbocycles. The number of imidazole rings is 1. The minimum absolute atomic E-state index is 0.139. The van der Waals surface area contributed by atoms with E-state index in [1.165, 1.54) is 32.3 Å². The highest BCUT2D eigenvalue weighted by atomic mass is 16.2. The summed E-state index contributed by atoms with van der Waals surface area (Å²) in [5.41, 5.74) is 10.1. The Bertz CT molecular complexity index is 3030. The summed E-state index contributed by atoms with van der Waals surface area (Å²) in [7, 11) is 3.86. The molecule has 1 unspecified atom stereocenters. The van der Waals surface area contributed by atoms with Crippen LogP contribution in [0, 0.1) is 5.92 Å². The average molecular weight is 888 g/mol. The van der Waals surface area contributed by atoms with Gasteiger partial charge in [0.15, 0.2) is 0 Å². The number of piperidine rings is 3. The summed E-state index contributed by atoms with van der Waals surface area (Å²) in [6.45, 7) is 9.23. The summed E-state index contributed by atoms with van der Waals surface area (Å²) in [4.78, 5) is 65.6. The molecule has 0 aliphatic carbocycles. The van der Waals surface area contributed by atoms with Crippen LogP contribution in [0.25, 0.3) is 44.1 Å². The predicted molar refractivity (Wildman–Crippen MR) is 255 cm³/mol. The molecule has 1 atom stereocenters. The summed E-state index contributed by atoms with van der Waals surface area (Å²) >= 11 is 0. The van der Waals surface area contributed by atoms with E-state index in [1.807, 2.05) is 47.6 Å². The molecule has 15 nitrogen and oxygen atoms in total. The number of piperazine rings is 1. The number of anilines is 1. The average Bonchev–Trinajstić information content (AvgIpc) is 4.02. The second kappa shape index (κ2) is 17.3. The summed E-state index contributed by atoms with van der Waals surface area (Å²) in [6, 6.07) is 24.7. The molecule has 66 heavy (non-hydrogen) atoms. The van der Waals surface area contributed by atoms with Gasteiger partial charge in [-0.15, -0.1) is 0 Å². The van der Waals surface area contributed by atoms with Gasteiger partial charge in [-0.25, -0.2) is 9.78 Å². The van der Waals surface area contributed by atoms with Gasteiger partial charge in [0.25, 0.3) is 5.91 Å². The van der Waals surface area contributed by atoms with E-state index in [9.17, 15) is 19.2 Å². The lowest BCUT2D eigenvalue weighted by Crippen LogP contribution is -2.49. The van der Waals surface area contributed by atoms with Crippen LogP contribution >= 0.6 is 0 Å². The summed E-state index contributed by atoms with van der Waals surface area (Å²) < 4.78 is 5.38. The number of aromatic nitrogens is 6. The second-order valence-corrected chi connectivity index (χ2v) is 19.0. The Morgan fingerprint density at radius 1 is 0.758 bits per heavy atom. The molecule has 0 saturated carbocycles. The van der Waals surface area contributed by atoms with Crippen LogP contribution in [-0.4, -0.2) is 120 Å². The molecule has 11 rings (SSSR count). The molecule has 340 valence electrons. The third-order valence-corrected chi connectivity index (χ3v) is 15.1. The Morgan fingerprint density at radius 3 is 2.32 bits per heavy atom. The van der Waals surface area contributed by atoms with Crippen molar-refractivity contribution in [3.8, 4) is 11.1 Å². The first-order valence-electron chi connectivity index (χ1n) is 23.7. The topological polar surface area (TPSA) is 150 Å². The molecule has 7 aromatic rings. The summed E-state index contributed by atoms with van der Waals surface area (Å²) in [6.07, 6.45) is 8.52. The van der Waals surface area contributed by atoms with Crippen molar-refractivity contribution in [2.75, 3.05) is 63.8 Å². The molecule has 4 aliphatic rings. The van der Waals surface area contributed by atoms with Gasteiger partial charge in [-0.2, -0.15) is 5.10 Å². The van der Waals surface area contributed by atoms with Crippen LogP contribution in [0.3, 0.4) is 0 Å². The lowest BCUT2D eigenvalue weighted by atomic mass is 9.88. The number of pyridine rings is 1. The molecule has 3 amide bonds. The number of benzene rings is 3. The van der Waals surface area contributed by atoms with Gasteiger partial charge in [0.05, 0.1) is 22.7 Å². The van der Waals surface area contributed by atoms with Crippen molar-refractivity contribution in [3.05, 3.63) is 112 Å². The molecule has 8 heterocycles. The largest absolute Gasteiger partial charge is 0.369 e. The van der Waals surface area contributed by atoms with Crippen molar-refractivity contribution in [1.82, 2.24) is 48.9 Å². The van der Waals surface area contributed by atoms with E-state index >= 15 is 0 Å². The van der Waals surface area contributed by atoms with Gasteiger partial charge >= 0.3 is 5.69 Å². The van der Waals surface area contributed by atoms with Gasteiger partial charge in [-0.05, 0) is 128 Å². The van der Waals surface area contributed by atoms with Crippen LogP contribution in [0.5, 0.6) is 0 Å². The third kappa shape index (κ3) is 7.87. The van der Waals surface area contributed by atoms with Crippen LogP contribution in [0.15, 0.2) is 90.0 Å². The SMILES string of the molecule is Cn1c(CN2CCC(c3ccc(C(=O)N4CCC(CN5CCN(c6ccc7c(c6)n(C)c(=O)n7C6CCC(=O)NC6=O)CC5)CC4)cc3)CC2)cc2c(-c3ccc4[nH]ncc4c3)ccnc21. The van der Waals surface area contributed by atoms with Crippen LogP contribution in [0.2, 0.25) is 0 Å². The Kier molecular flexibility index (Phi) is 11.1. The summed E-state index contributed by atoms with van der Waals surface area (Å²) in [5, 5.41) is 11.9. The highest BCUT2D eigenvalue weighted by Gasteiger charge is 2.32. The predicted octanol–water partition coefficient (Wildman–Crippen LogP) is 5.80. The zero-order chi connectivity index (χ0) is 45.1. The number of fused-ring (bicyclic) bond motifs is 3. The lowest BCUT2D eigenvalue weighted by molar-refractivity contribution is -0.135. The number of hydrogen-bond donors (Lipinski definition) is 2. The van der Waals surface area contributed by atoms with Crippen molar-refractivity contribution in [2.45, 2.75) is 57.0 Å². The molecule has 0 bridgehead atoms. The number of rotatable bonds is 9. The molecule has 2 N–H and O–H groups in total. The van der Waals surface area contributed by atoms with E-state index in [0.29, 0.717) is 23.8 Å². The molecular weight excluding hydrogens is 831 g/mol. The van der Waals surface area contributed by atoms with E-state index < -0.39 is 11.9 Å². The highest BCUT2D eigenvalue weighted by molar-refractivity contribution is 6.00. The fourth-order valence-corrected chi connectivity index (χ4v) is 11.2. The zero-order valence-electron chi connectivity index (χ0n) is 37.8. The number of amides is 3. The van der Waals surface area contributed by atoms with E-state index in [-0.39, 0.29) is 23.9 Å². The number of carbonyl (C=O) groups is 3. The molecule has 4 saturated heterocycles. The number of aryl methyl sites for hydroxylation is 2. The maximum atomic E-state index is 13.7. The first-order chi connectivity index (χ1) is 32.1. The molecule has 0 radical (unpaired) electrons. The maximum absolute atomic E-state index is 13.7. The van der Waals surface area contributed by atoms with Gasteiger partial charge in [0.1, 0.15) is 11.7 Å². The fourth-order valence-electron chi connectivity index (χ4n) is 11.2. The van der Waals surface area contributed by atoms with E-state index in [4.69, 9.17) is 4.98 Å². The van der Waals surface area contributed by atoms with E-state index in [2.05, 4.69) is 84.3 Å². The van der Waals surface area contributed by atoms with Crippen LogP contribution < -0.4 is 15.9 Å². The Hall–Kier alpha value is -6.58. The lowest BCUT2D eigenvalue weighted by Gasteiger charge is -2.39. The Labute approximate surface area is 383 Å². The van der Waals surface area contributed by atoms with Crippen molar-refractivity contribution >= 4 is 56.4 Å². The standard InChI is InChI=1S/C51H57N11O4/c1-56-40(28-42-41(13-18-52-48(42)56)37-7-9-43-38(27-37)30-53-55-43)32-58-19-16-35(17-20-58)34-3-5-36(6-4-34)50(65)61-21-14-33(15-22-61)31-59-23-25-60(26-24-59)39-8-10-44-46(29-39)57(2)51(66)62(44)45-11-12-47(63)54-49(45)64/h3-10,13,18,27-30,33,35,45H,11-12,14-17,19-26,31-32H2,1-2H3,(H,53,55)(H,54,63,64). The number of hydrogen-bond acceptors (Lipinski definition) is 9. The third-order valence-electron chi connectivity index (χ3n) is 15.1. The number of H-pyrrole nitrogens is 1. The van der Waals surface area contributed by atoms with Crippen LogP contribution in [-0.2, 0) is 30.2 Å². The second-order valence-electron chi connectivity index (χ2n) is 19.0. The van der Waals surface area contributed by atoms with Crippen molar-refractivity contribution in [2.24, 2.45) is 20.0 Å². The maximum Gasteiger partial charge on any atom is 0.329 e. The van der Waals surface area contributed by atoms with Gasteiger partial charge in [-0.3, -0.25) is 43.7 Å². The van der Waals surface area contributed by atoms with Crippen molar-refractivity contribution < 1.29 is 14.4 Å². The number of likely N-dealkylation sites (tertiary alicyclic amines) is 2. The highest BCUT2D eigenvalue weighted by Crippen LogP contribution is 2.34. The number of imide groups is 1. The first-order valence-corrected chi connectivity index (χ1v) is 23.7. The van der Waals surface area contributed by atoms with Crippen LogP contribution in [0.1, 0.15) is 72.1 Å². The smallest absolute Gasteiger partial charge is 0.329 e. The zero-order valence-corrected chi connectivity index (χ0v) is 37.8. The number of nitrogens with zero attached hydrogens (tertiary/aromatic N) is 9.